The van der Waals surface area contributed by atoms with Crippen molar-refractivity contribution in [3.63, 3.8) is 0 Å². The number of nitrogens with zero attached hydrogens (tertiary/aromatic N) is 2. The van der Waals surface area contributed by atoms with Crippen LogP contribution in [0.5, 0.6) is 0 Å². The molecule has 0 amide bonds. The fourth-order valence-corrected chi connectivity index (χ4v) is 4.37. The van der Waals surface area contributed by atoms with E-state index in [1.54, 1.807) is 5.57 Å². The van der Waals surface area contributed by atoms with Crippen LogP contribution in [0.3, 0.4) is 0 Å². The number of allylic oxidation sites excluding steroid dienone is 3. The predicted octanol–water partition coefficient (Wildman–Crippen LogP) is 3.15. The van der Waals surface area contributed by atoms with Crippen LogP contribution in [-0.2, 0) is 0 Å². The molecular weight excluding hydrogens is 244 g/mol. The Kier molecular flexibility index (Phi) is 3.26. The normalized spacial score (nSPS) is 33.3. The Labute approximate surface area is 123 Å². The van der Waals surface area contributed by atoms with Gasteiger partial charge in [0.15, 0.2) is 0 Å². The van der Waals surface area contributed by atoms with Crippen LogP contribution in [0, 0.1) is 0 Å². The summed E-state index contributed by atoms with van der Waals surface area (Å²) < 4.78 is 0. The lowest BCUT2D eigenvalue weighted by Crippen LogP contribution is -2.52. The van der Waals surface area contributed by atoms with Crippen LogP contribution in [-0.4, -0.2) is 47.1 Å². The molecule has 0 saturated heterocycles. The number of hydrogen-bond acceptors (Lipinski definition) is 2. The Morgan fingerprint density at radius 3 is 1.45 bits per heavy atom. The largest absolute Gasteiger partial charge is 0.288 e. The zero-order chi connectivity index (χ0) is 14.4. The van der Waals surface area contributed by atoms with Crippen molar-refractivity contribution in [2.75, 3.05) is 26.2 Å². The van der Waals surface area contributed by atoms with E-state index in [9.17, 15) is 0 Å². The summed E-state index contributed by atoms with van der Waals surface area (Å²) >= 11 is 0. The molecule has 2 nitrogen and oxygen atoms in total. The minimum atomic E-state index is 0.0188. The average molecular weight is 270 g/mol. The van der Waals surface area contributed by atoms with E-state index in [1.165, 1.54) is 5.57 Å². The maximum absolute atomic E-state index is 2.57. The fraction of sp³-hybridized carbons (Fsp3) is 0.556. The van der Waals surface area contributed by atoms with Crippen LogP contribution in [0.1, 0.15) is 27.7 Å². The van der Waals surface area contributed by atoms with Crippen LogP contribution in [0.25, 0.3) is 0 Å². The highest BCUT2D eigenvalue weighted by molar-refractivity contribution is 5.70. The van der Waals surface area contributed by atoms with Crippen molar-refractivity contribution in [3.05, 3.63) is 47.6 Å². The van der Waals surface area contributed by atoms with Gasteiger partial charge in [-0.05, 0) is 37.3 Å². The van der Waals surface area contributed by atoms with Crippen molar-refractivity contribution in [1.82, 2.24) is 9.80 Å². The molecule has 0 fully saturated rings. The Balaban J connectivity index is 2.10. The summed E-state index contributed by atoms with van der Waals surface area (Å²) in [5.74, 6) is 0. The second-order valence-corrected chi connectivity index (χ2v) is 5.83. The maximum atomic E-state index is 2.57. The molecule has 108 valence electrons. The van der Waals surface area contributed by atoms with Crippen molar-refractivity contribution in [2.24, 2.45) is 0 Å². The van der Waals surface area contributed by atoms with Gasteiger partial charge in [-0.25, -0.2) is 0 Å². The molecule has 0 aromatic rings. The quantitative estimate of drug-likeness (QED) is 0.684. The lowest BCUT2D eigenvalue weighted by Gasteiger charge is -2.43. The van der Waals surface area contributed by atoms with Gasteiger partial charge in [0, 0.05) is 0 Å². The molecule has 0 spiro atoms. The van der Waals surface area contributed by atoms with Gasteiger partial charge in [-0.15, -0.1) is 0 Å². The standard InChI is InChI=1S/C18H26N2/c1-5-19(6-2)17-11-9-15-10-12-18(14-13-17,16(15)17)20(7-3)8-4/h9-14H,5-8H2,1-4H3/t17-,18+. The summed E-state index contributed by atoms with van der Waals surface area (Å²) in [6.45, 7) is 13.4. The highest BCUT2D eigenvalue weighted by atomic mass is 15.2. The minimum Gasteiger partial charge on any atom is -0.288 e. The first kappa shape index (κ1) is 13.8. The number of likely N-dealkylation sites (N-methyl/N-ethyl adjacent to an activating group) is 2. The van der Waals surface area contributed by atoms with Crippen molar-refractivity contribution in [3.8, 4) is 0 Å². The molecule has 3 rings (SSSR count). The maximum Gasteiger partial charge on any atom is 0.0829 e. The fourth-order valence-electron chi connectivity index (χ4n) is 4.37. The van der Waals surface area contributed by atoms with Crippen molar-refractivity contribution < 1.29 is 0 Å². The topological polar surface area (TPSA) is 6.48 Å². The Bertz CT molecular complexity index is 474. The van der Waals surface area contributed by atoms with Gasteiger partial charge < -0.3 is 0 Å². The van der Waals surface area contributed by atoms with Gasteiger partial charge in [0.05, 0.1) is 11.1 Å². The molecule has 0 unspecified atom stereocenters. The lowest BCUT2D eigenvalue weighted by molar-refractivity contribution is 0.180. The molecule has 2 atom stereocenters. The van der Waals surface area contributed by atoms with Crippen LogP contribution in [0.2, 0.25) is 0 Å². The molecule has 2 heteroatoms. The third-order valence-electron chi connectivity index (χ3n) is 5.29. The SMILES string of the molecule is CCN(CC)[C@]12C=CC3=C1[C@@](N(CC)CC)(C=C3)C=C2. The van der Waals surface area contributed by atoms with E-state index in [2.05, 4.69) is 74.0 Å². The summed E-state index contributed by atoms with van der Waals surface area (Å²) in [6.07, 6.45) is 14.3. The van der Waals surface area contributed by atoms with Crippen molar-refractivity contribution >= 4 is 0 Å². The van der Waals surface area contributed by atoms with Crippen molar-refractivity contribution in [2.45, 2.75) is 38.8 Å². The average Bonchev–Trinajstić information content (AvgIpc) is 3.09. The van der Waals surface area contributed by atoms with Crippen molar-refractivity contribution in [1.29, 1.82) is 0 Å². The molecule has 0 aromatic heterocycles. The third-order valence-corrected chi connectivity index (χ3v) is 5.29. The van der Waals surface area contributed by atoms with E-state index < -0.39 is 0 Å². The van der Waals surface area contributed by atoms with Gasteiger partial charge in [-0.3, -0.25) is 9.80 Å². The smallest absolute Gasteiger partial charge is 0.0829 e. The second kappa shape index (κ2) is 4.71. The zero-order valence-corrected chi connectivity index (χ0v) is 13.2. The molecular formula is C18H26N2. The number of rotatable bonds is 6. The van der Waals surface area contributed by atoms with Gasteiger partial charge in [0.25, 0.3) is 0 Å². The highest BCUT2D eigenvalue weighted by Crippen LogP contribution is 2.53. The molecule has 0 radical (unpaired) electrons. The van der Waals surface area contributed by atoms with Gasteiger partial charge in [0.2, 0.25) is 0 Å². The molecule has 3 aliphatic rings. The summed E-state index contributed by atoms with van der Waals surface area (Å²) in [6, 6.07) is 0. The molecule has 3 aliphatic carbocycles. The third kappa shape index (κ3) is 1.47. The lowest BCUT2D eigenvalue weighted by atomic mass is 9.84. The summed E-state index contributed by atoms with van der Waals surface area (Å²) in [4.78, 5) is 5.14. The van der Waals surface area contributed by atoms with Gasteiger partial charge in [-0.2, -0.15) is 0 Å². The van der Waals surface area contributed by atoms with E-state index in [-0.39, 0.29) is 11.1 Å². The monoisotopic (exact) mass is 270 g/mol. The van der Waals surface area contributed by atoms with Gasteiger partial charge in [0.1, 0.15) is 0 Å². The molecule has 0 heterocycles. The minimum absolute atomic E-state index is 0.0188. The second-order valence-electron chi connectivity index (χ2n) is 5.83. The van der Waals surface area contributed by atoms with Gasteiger partial charge in [-0.1, -0.05) is 64.2 Å². The molecule has 0 saturated carbocycles. The van der Waals surface area contributed by atoms with Crippen LogP contribution < -0.4 is 0 Å². The van der Waals surface area contributed by atoms with E-state index in [0.29, 0.717) is 0 Å². The summed E-state index contributed by atoms with van der Waals surface area (Å²) in [7, 11) is 0. The molecule has 0 bridgehead atoms. The summed E-state index contributed by atoms with van der Waals surface area (Å²) in [5.41, 5.74) is 3.03. The van der Waals surface area contributed by atoms with E-state index in [0.717, 1.165) is 26.2 Å². The van der Waals surface area contributed by atoms with Crippen LogP contribution >= 0.6 is 0 Å². The van der Waals surface area contributed by atoms with Crippen LogP contribution in [0.4, 0.5) is 0 Å². The van der Waals surface area contributed by atoms with Crippen LogP contribution in [0.15, 0.2) is 47.6 Å². The zero-order valence-electron chi connectivity index (χ0n) is 13.2. The highest BCUT2D eigenvalue weighted by Gasteiger charge is 2.55. The Hall–Kier alpha value is -1.12. The molecule has 0 aromatic carbocycles. The number of hydrogen-bond donors (Lipinski definition) is 0. The first-order valence-electron chi connectivity index (χ1n) is 8.02. The Morgan fingerprint density at radius 1 is 0.700 bits per heavy atom. The van der Waals surface area contributed by atoms with Gasteiger partial charge >= 0.3 is 0 Å². The Morgan fingerprint density at radius 2 is 1.10 bits per heavy atom. The predicted molar refractivity (Wildman–Crippen MR) is 85.8 cm³/mol. The molecule has 20 heavy (non-hydrogen) atoms. The van der Waals surface area contributed by atoms with E-state index >= 15 is 0 Å². The first-order chi connectivity index (χ1) is 9.68. The molecule has 0 N–H and O–H groups in total. The molecule has 0 aliphatic heterocycles. The van der Waals surface area contributed by atoms with E-state index in [4.69, 9.17) is 0 Å². The first-order valence-corrected chi connectivity index (χ1v) is 8.02. The summed E-state index contributed by atoms with van der Waals surface area (Å²) in [5, 5.41) is 0. The van der Waals surface area contributed by atoms with E-state index in [1.807, 2.05) is 0 Å².